The summed E-state index contributed by atoms with van der Waals surface area (Å²) in [6.07, 6.45) is 0. The van der Waals surface area contributed by atoms with Crippen molar-refractivity contribution in [1.29, 1.82) is 0 Å². The van der Waals surface area contributed by atoms with Gasteiger partial charge < -0.3 is 15.2 Å². The van der Waals surface area contributed by atoms with Crippen molar-refractivity contribution in [3.05, 3.63) is 48.3 Å². The molecule has 0 saturated carbocycles. The summed E-state index contributed by atoms with van der Waals surface area (Å²) in [5.41, 5.74) is 3.10. The fourth-order valence-corrected chi connectivity index (χ4v) is 2.58. The molecule has 0 spiro atoms. The number of aliphatic hydroxyl groups excluding tert-OH is 1. The minimum atomic E-state index is -0.176. The molecule has 3 rings (SSSR count). The van der Waals surface area contributed by atoms with Crippen molar-refractivity contribution < 1.29 is 14.6 Å². The van der Waals surface area contributed by atoms with Crippen LogP contribution in [0.4, 0.5) is 5.69 Å². The molecule has 2 N–H and O–H groups in total. The summed E-state index contributed by atoms with van der Waals surface area (Å²) in [6, 6.07) is 13.1. The highest BCUT2D eigenvalue weighted by Gasteiger charge is 2.13. The Kier molecular flexibility index (Phi) is 3.99. The third kappa shape index (κ3) is 2.76. The summed E-state index contributed by atoms with van der Waals surface area (Å²) in [5.74, 6) is 0.917. The van der Waals surface area contributed by atoms with E-state index in [1.807, 2.05) is 34.9 Å². The first-order chi connectivity index (χ1) is 11.1. The number of nitrogens with one attached hydrogen (secondary N) is 1. The van der Waals surface area contributed by atoms with Gasteiger partial charge in [0.1, 0.15) is 18.2 Å². The van der Waals surface area contributed by atoms with Gasteiger partial charge in [0.05, 0.1) is 29.5 Å². The smallest absolute Gasteiger partial charge is 0.221 e. The first-order valence-corrected chi connectivity index (χ1v) is 7.17. The Hall–Kier alpha value is -2.86. The number of amides is 1. The van der Waals surface area contributed by atoms with Gasteiger partial charge in [0, 0.05) is 13.0 Å². The van der Waals surface area contributed by atoms with E-state index in [-0.39, 0.29) is 12.5 Å². The molecule has 0 aliphatic carbocycles. The Morgan fingerprint density at radius 3 is 2.78 bits per heavy atom. The average Bonchev–Trinajstić information content (AvgIpc) is 2.93. The van der Waals surface area contributed by atoms with Crippen LogP contribution in [0, 0.1) is 0 Å². The van der Waals surface area contributed by atoms with E-state index in [9.17, 15) is 9.90 Å². The highest BCUT2D eigenvalue weighted by molar-refractivity contribution is 5.90. The lowest BCUT2D eigenvalue weighted by Crippen LogP contribution is -2.08. The van der Waals surface area contributed by atoms with Gasteiger partial charge in [-0.2, -0.15) is 0 Å². The van der Waals surface area contributed by atoms with Crippen molar-refractivity contribution in [2.45, 2.75) is 13.5 Å². The number of hydrogen-bond acceptors (Lipinski definition) is 4. The van der Waals surface area contributed by atoms with E-state index in [0.29, 0.717) is 17.3 Å². The van der Waals surface area contributed by atoms with Gasteiger partial charge in [-0.25, -0.2) is 4.98 Å². The van der Waals surface area contributed by atoms with Crippen LogP contribution in [0.3, 0.4) is 0 Å². The zero-order valence-electron chi connectivity index (χ0n) is 12.9. The molecule has 0 aliphatic heterocycles. The SMILES string of the molecule is COc1cc(-n2c(CO)nc3ccccc32)ccc1NC(C)=O. The maximum Gasteiger partial charge on any atom is 0.221 e. The zero-order chi connectivity index (χ0) is 16.4. The molecular formula is C17H17N3O3. The second kappa shape index (κ2) is 6.10. The molecule has 1 aromatic heterocycles. The van der Waals surface area contributed by atoms with Gasteiger partial charge >= 0.3 is 0 Å². The number of benzene rings is 2. The molecule has 0 saturated heterocycles. The number of nitrogens with zero attached hydrogens (tertiary/aromatic N) is 2. The molecule has 0 bridgehead atoms. The number of hydrogen-bond donors (Lipinski definition) is 2. The largest absolute Gasteiger partial charge is 0.494 e. The molecule has 0 atom stereocenters. The fourth-order valence-electron chi connectivity index (χ4n) is 2.58. The molecule has 2 aromatic carbocycles. The third-order valence-corrected chi connectivity index (χ3v) is 3.53. The summed E-state index contributed by atoms with van der Waals surface area (Å²) in [5, 5.41) is 12.3. The summed E-state index contributed by atoms with van der Waals surface area (Å²) in [6.45, 7) is 1.27. The second-order valence-electron chi connectivity index (χ2n) is 5.08. The minimum Gasteiger partial charge on any atom is -0.494 e. The number of anilines is 1. The number of para-hydroxylation sites is 2. The van der Waals surface area contributed by atoms with Crippen LogP contribution < -0.4 is 10.1 Å². The van der Waals surface area contributed by atoms with Crippen molar-refractivity contribution in [3.8, 4) is 11.4 Å². The van der Waals surface area contributed by atoms with Crippen LogP contribution in [0.15, 0.2) is 42.5 Å². The van der Waals surface area contributed by atoms with Gasteiger partial charge in [-0.1, -0.05) is 12.1 Å². The number of aromatic nitrogens is 2. The Labute approximate surface area is 133 Å². The van der Waals surface area contributed by atoms with Gasteiger partial charge in [0.15, 0.2) is 0 Å². The van der Waals surface area contributed by atoms with Gasteiger partial charge in [-0.15, -0.1) is 0 Å². The van der Waals surface area contributed by atoms with E-state index in [1.165, 1.54) is 6.92 Å². The number of aliphatic hydroxyl groups is 1. The monoisotopic (exact) mass is 311 g/mol. The fraction of sp³-hybridized carbons (Fsp3) is 0.176. The topological polar surface area (TPSA) is 76.4 Å². The van der Waals surface area contributed by atoms with E-state index in [0.717, 1.165) is 16.7 Å². The molecule has 0 radical (unpaired) electrons. The summed E-state index contributed by atoms with van der Waals surface area (Å²) >= 11 is 0. The maximum absolute atomic E-state index is 11.3. The summed E-state index contributed by atoms with van der Waals surface area (Å²) in [4.78, 5) is 15.7. The minimum absolute atomic E-state index is 0.167. The number of methoxy groups -OCH3 is 1. The molecule has 0 unspecified atom stereocenters. The van der Waals surface area contributed by atoms with Crippen molar-refractivity contribution in [1.82, 2.24) is 9.55 Å². The van der Waals surface area contributed by atoms with Crippen LogP contribution in [0.2, 0.25) is 0 Å². The third-order valence-electron chi connectivity index (χ3n) is 3.53. The predicted molar refractivity (Wildman–Crippen MR) is 87.8 cm³/mol. The van der Waals surface area contributed by atoms with E-state index in [1.54, 1.807) is 19.2 Å². The molecule has 6 nitrogen and oxygen atoms in total. The van der Waals surface area contributed by atoms with Crippen molar-refractivity contribution in [3.63, 3.8) is 0 Å². The number of carbonyl (C=O) groups excluding carboxylic acids is 1. The predicted octanol–water partition coefficient (Wildman–Crippen LogP) is 2.48. The lowest BCUT2D eigenvalue weighted by Gasteiger charge is -2.13. The van der Waals surface area contributed by atoms with Gasteiger partial charge in [0.2, 0.25) is 5.91 Å². The van der Waals surface area contributed by atoms with Crippen molar-refractivity contribution in [2.24, 2.45) is 0 Å². The lowest BCUT2D eigenvalue weighted by molar-refractivity contribution is -0.114. The zero-order valence-corrected chi connectivity index (χ0v) is 12.9. The number of fused-ring (bicyclic) bond motifs is 1. The Morgan fingerprint density at radius 2 is 2.09 bits per heavy atom. The van der Waals surface area contributed by atoms with Gasteiger partial charge in [0.25, 0.3) is 0 Å². The standard InChI is InChI=1S/C17H17N3O3/c1-11(22)18-14-8-7-12(9-16(14)23-2)20-15-6-4-3-5-13(15)19-17(20)10-21/h3-9,21H,10H2,1-2H3,(H,18,22). The van der Waals surface area contributed by atoms with E-state index >= 15 is 0 Å². The number of rotatable bonds is 4. The molecule has 118 valence electrons. The molecule has 23 heavy (non-hydrogen) atoms. The Morgan fingerprint density at radius 1 is 1.30 bits per heavy atom. The quantitative estimate of drug-likeness (QED) is 0.776. The van der Waals surface area contributed by atoms with Crippen molar-refractivity contribution >= 4 is 22.6 Å². The van der Waals surface area contributed by atoms with Crippen LogP contribution in [-0.2, 0) is 11.4 Å². The van der Waals surface area contributed by atoms with Crippen LogP contribution in [0.25, 0.3) is 16.7 Å². The van der Waals surface area contributed by atoms with Gasteiger partial charge in [-0.05, 0) is 24.3 Å². The first kappa shape index (κ1) is 15.1. The normalized spacial score (nSPS) is 10.7. The van der Waals surface area contributed by atoms with Gasteiger partial charge in [-0.3, -0.25) is 9.36 Å². The van der Waals surface area contributed by atoms with Crippen molar-refractivity contribution in [2.75, 3.05) is 12.4 Å². The number of carbonyl (C=O) groups is 1. The maximum atomic E-state index is 11.3. The molecule has 6 heteroatoms. The molecule has 0 aliphatic rings. The molecule has 1 heterocycles. The summed E-state index contributed by atoms with van der Waals surface area (Å²) in [7, 11) is 1.55. The first-order valence-electron chi connectivity index (χ1n) is 7.17. The molecule has 3 aromatic rings. The van der Waals surface area contributed by atoms with Crippen LogP contribution >= 0.6 is 0 Å². The van der Waals surface area contributed by atoms with E-state index < -0.39 is 0 Å². The lowest BCUT2D eigenvalue weighted by atomic mass is 10.2. The Bertz CT molecular complexity index is 871. The highest BCUT2D eigenvalue weighted by atomic mass is 16.5. The molecular weight excluding hydrogens is 294 g/mol. The highest BCUT2D eigenvalue weighted by Crippen LogP contribution is 2.30. The number of ether oxygens (including phenoxy) is 1. The van der Waals surface area contributed by atoms with Crippen LogP contribution in [0.5, 0.6) is 5.75 Å². The second-order valence-corrected chi connectivity index (χ2v) is 5.08. The Balaban J connectivity index is 2.17. The molecule has 0 fully saturated rings. The van der Waals surface area contributed by atoms with Crippen LogP contribution in [0.1, 0.15) is 12.7 Å². The van der Waals surface area contributed by atoms with E-state index in [2.05, 4.69) is 10.3 Å². The van der Waals surface area contributed by atoms with E-state index in [4.69, 9.17) is 4.74 Å². The average molecular weight is 311 g/mol. The van der Waals surface area contributed by atoms with Crippen LogP contribution in [-0.4, -0.2) is 27.7 Å². The summed E-state index contributed by atoms with van der Waals surface area (Å²) < 4.78 is 7.23. The molecule has 1 amide bonds. The number of imidazole rings is 1.